The van der Waals surface area contributed by atoms with Crippen LogP contribution in [-0.4, -0.2) is 31.2 Å². The van der Waals surface area contributed by atoms with Crippen molar-refractivity contribution in [3.63, 3.8) is 0 Å². The summed E-state index contributed by atoms with van der Waals surface area (Å²) in [6.45, 7) is 3.68. The maximum Gasteiger partial charge on any atom is 0.360 e. The van der Waals surface area contributed by atoms with Crippen LogP contribution in [0.2, 0.25) is 0 Å². The highest BCUT2D eigenvalue weighted by Gasteiger charge is 2.20. The average molecular weight is 359 g/mol. The SMILES string of the molecule is CCOC(=O)C(=N)C(=O)c1ccc(C)cc1.COSc1ccccc1. The third-order valence-electron chi connectivity index (χ3n) is 2.94. The van der Waals surface area contributed by atoms with Gasteiger partial charge in [-0.25, -0.2) is 4.79 Å². The number of esters is 1. The van der Waals surface area contributed by atoms with Crippen molar-refractivity contribution < 1.29 is 18.5 Å². The zero-order valence-electron chi connectivity index (χ0n) is 14.4. The molecule has 6 heteroatoms. The standard InChI is InChI=1S/C12H13NO3.C7H8OS/c1-3-16-12(15)10(13)11(14)9-6-4-8(2)5-7-9;1-8-9-7-5-3-2-4-6-7/h4-7,13H,3H2,1-2H3;2-6H,1H3. The highest BCUT2D eigenvalue weighted by Crippen LogP contribution is 2.15. The molecule has 0 saturated carbocycles. The maximum absolute atomic E-state index is 11.6. The molecule has 0 aromatic heterocycles. The lowest BCUT2D eigenvalue weighted by atomic mass is 10.1. The van der Waals surface area contributed by atoms with E-state index >= 15 is 0 Å². The summed E-state index contributed by atoms with van der Waals surface area (Å²) >= 11 is 1.38. The summed E-state index contributed by atoms with van der Waals surface area (Å²) in [5.41, 5.74) is 0.702. The Bertz CT molecular complexity index is 699. The van der Waals surface area contributed by atoms with E-state index in [1.807, 2.05) is 37.3 Å². The van der Waals surface area contributed by atoms with Gasteiger partial charge >= 0.3 is 5.97 Å². The normalized spacial score (nSPS) is 9.56. The van der Waals surface area contributed by atoms with E-state index < -0.39 is 17.5 Å². The molecule has 0 aliphatic rings. The lowest BCUT2D eigenvalue weighted by molar-refractivity contribution is -0.134. The molecule has 0 bridgehead atoms. The predicted octanol–water partition coefficient (Wildman–Crippen LogP) is 4.10. The van der Waals surface area contributed by atoms with Crippen molar-refractivity contribution >= 4 is 29.5 Å². The molecule has 2 rings (SSSR count). The highest BCUT2D eigenvalue weighted by molar-refractivity contribution is 7.94. The Morgan fingerprint density at radius 1 is 1.04 bits per heavy atom. The number of Topliss-reactive ketones (excluding diaryl/α,β-unsaturated/α-hetero) is 1. The summed E-state index contributed by atoms with van der Waals surface area (Å²) in [5, 5.41) is 7.37. The molecule has 0 fully saturated rings. The second kappa shape index (κ2) is 11.2. The molecule has 1 N–H and O–H groups in total. The van der Waals surface area contributed by atoms with Crippen LogP contribution in [0.3, 0.4) is 0 Å². The number of rotatable bonds is 6. The number of ketones is 1. The zero-order chi connectivity index (χ0) is 18.7. The van der Waals surface area contributed by atoms with Crippen molar-refractivity contribution in [2.75, 3.05) is 13.7 Å². The van der Waals surface area contributed by atoms with Gasteiger partial charge in [0.05, 0.1) is 13.7 Å². The van der Waals surface area contributed by atoms with E-state index in [0.29, 0.717) is 5.56 Å². The van der Waals surface area contributed by atoms with Gasteiger partial charge in [0.15, 0.2) is 5.71 Å². The first-order chi connectivity index (χ1) is 12.0. The molecular weight excluding hydrogens is 338 g/mol. The van der Waals surface area contributed by atoms with Gasteiger partial charge in [-0.3, -0.25) is 10.2 Å². The molecule has 5 nitrogen and oxygen atoms in total. The molecule has 132 valence electrons. The Morgan fingerprint density at radius 3 is 2.16 bits per heavy atom. The fraction of sp³-hybridized carbons (Fsp3) is 0.211. The molecule has 0 spiro atoms. The van der Waals surface area contributed by atoms with Gasteiger partial charge in [0.25, 0.3) is 0 Å². The van der Waals surface area contributed by atoms with E-state index in [1.54, 1.807) is 38.3 Å². The monoisotopic (exact) mass is 359 g/mol. The van der Waals surface area contributed by atoms with Crippen molar-refractivity contribution in [1.29, 1.82) is 5.41 Å². The first-order valence-corrected chi connectivity index (χ1v) is 8.36. The maximum atomic E-state index is 11.6. The van der Waals surface area contributed by atoms with Crippen LogP contribution in [-0.2, 0) is 13.7 Å². The summed E-state index contributed by atoms with van der Waals surface area (Å²) in [7, 11) is 1.66. The van der Waals surface area contributed by atoms with Gasteiger partial charge in [0.2, 0.25) is 5.78 Å². The van der Waals surface area contributed by atoms with E-state index in [1.165, 1.54) is 12.0 Å². The summed E-state index contributed by atoms with van der Waals surface area (Å²) in [6, 6.07) is 16.7. The fourth-order valence-corrected chi connectivity index (χ4v) is 2.18. The summed E-state index contributed by atoms with van der Waals surface area (Å²) in [4.78, 5) is 23.9. The Balaban J connectivity index is 0.000000293. The van der Waals surface area contributed by atoms with Crippen molar-refractivity contribution in [2.45, 2.75) is 18.7 Å². The van der Waals surface area contributed by atoms with Crippen LogP contribution < -0.4 is 0 Å². The molecule has 0 aliphatic heterocycles. The molecule has 0 aliphatic carbocycles. The molecule has 0 saturated heterocycles. The van der Waals surface area contributed by atoms with Crippen LogP contribution in [0.25, 0.3) is 0 Å². The van der Waals surface area contributed by atoms with Crippen molar-refractivity contribution in [3.05, 3.63) is 65.7 Å². The first-order valence-electron chi connectivity index (χ1n) is 7.62. The molecule has 0 heterocycles. The molecule has 0 radical (unpaired) electrons. The van der Waals surface area contributed by atoms with Crippen LogP contribution in [0, 0.1) is 12.3 Å². The van der Waals surface area contributed by atoms with Crippen LogP contribution in [0.1, 0.15) is 22.8 Å². The quantitative estimate of drug-likeness (QED) is 0.276. The van der Waals surface area contributed by atoms with Crippen molar-refractivity contribution in [3.8, 4) is 0 Å². The molecule has 2 aromatic rings. The van der Waals surface area contributed by atoms with Gasteiger partial charge in [-0.1, -0.05) is 48.0 Å². The van der Waals surface area contributed by atoms with Gasteiger partial charge < -0.3 is 8.92 Å². The summed E-state index contributed by atoms with van der Waals surface area (Å²) in [6.07, 6.45) is 0. The molecule has 0 amide bonds. The fourth-order valence-electron chi connectivity index (χ4n) is 1.72. The predicted molar refractivity (Wildman–Crippen MR) is 99.2 cm³/mol. The first kappa shape index (κ1) is 20.6. The van der Waals surface area contributed by atoms with Crippen LogP contribution in [0.15, 0.2) is 59.5 Å². The number of nitrogens with one attached hydrogen (secondary N) is 1. The topological polar surface area (TPSA) is 76.5 Å². The van der Waals surface area contributed by atoms with Crippen molar-refractivity contribution in [1.82, 2.24) is 0 Å². The average Bonchev–Trinajstić information content (AvgIpc) is 2.63. The zero-order valence-corrected chi connectivity index (χ0v) is 15.3. The van der Waals surface area contributed by atoms with E-state index in [-0.39, 0.29) is 6.61 Å². The Labute approximate surface area is 152 Å². The van der Waals surface area contributed by atoms with Crippen LogP contribution in [0.4, 0.5) is 0 Å². The van der Waals surface area contributed by atoms with Crippen LogP contribution >= 0.6 is 12.0 Å². The van der Waals surface area contributed by atoms with Gasteiger partial charge in [0.1, 0.15) is 0 Å². The molecule has 0 unspecified atom stereocenters. The van der Waals surface area contributed by atoms with E-state index in [4.69, 9.17) is 9.59 Å². The summed E-state index contributed by atoms with van der Waals surface area (Å²) in [5.74, 6) is -1.49. The Hall–Kier alpha value is -2.44. The van der Waals surface area contributed by atoms with Gasteiger partial charge in [-0.15, -0.1) is 0 Å². The molecule has 25 heavy (non-hydrogen) atoms. The minimum absolute atomic E-state index is 0.155. The molecule has 0 atom stereocenters. The van der Waals surface area contributed by atoms with E-state index in [9.17, 15) is 9.59 Å². The number of aryl methyl sites for hydroxylation is 1. The van der Waals surface area contributed by atoms with Gasteiger partial charge in [0, 0.05) is 22.5 Å². The number of carbonyl (C=O) groups is 2. The van der Waals surface area contributed by atoms with E-state index in [2.05, 4.69) is 4.74 Å². The van der Waals surface area contributed by atoms with Gasteiger partial charge in [-0.2, -0.15) is 0 Å². The lowest BCUT2D eigenvalue weighted by Crippen LogP contribution is -2.25. The lowest BCUT2D eigenvalue weighted by Gasteiger charge is -2.03. The second-order valence-electron chi connectivity index (χ2n) is 4.85. The second-order valence-corrected chi connectivity index (χ2v) is 5.83. The summed E-state index contributed by atoms with van der Waals surface area (Å²) < 4.78 is 9.43. The number of benzene rings is 2. The number of ether oxygens (including phenoxy) is 1. The van der Waals surface area contributed by atoms with Crippen molar-refractivity contribution in [2.24, 2.45) is 0 Å². The molecule has 2 aromatic carbocycles. The number of hydrogen-bond donors (Lipinski definition) is 1. The molecular formula is C19H21NO4S. The largest absolute Gasteiger partial charge is 0.461 e. The third-order valence-corrected chi connectivity index (χ3v) is 3.57. The minimum Gasteiger partial charge on any atom is -0.461 e. The Morgan fingerprint density at radius 2 is 1.64 bits per heavy atom. The number of carbonyl (C=O) groups excluding carboxylic acids is 2. The van der Waals surface area contributed by atoms with E-state index in [0.717, 1.165) is 10.5 Å². The highest BCUT2D eigenvalue weighted by atomic mass is 32.2. The Kier molecular flexibility index (Phi) is 9.21. The van der Waals surface area contributed by atoms with Crippen LogP contribution in [0.5, 0.6) is 0 Å². The van der Waals surface area contributed by atoms with Gasteiger partial charge in [-0.05, 0) is 26.0 Å². The third kappa shape index (κ3) is 7.32. The smallest absolute Gasteiger partial charge is 0.360 e. The number of hydrogen-bond acceptors (Lipinski definition) is 6. The minimum atomic E-state index is -0.881.